The fourth-order valence-electron chi connectivity index (χ4n) is 2.92. The van der Waals surface area contributed by atoms with Gasteiger partial charge < -0.3 is 15.0 Å². The molecule has 0 spiro atoms. The molecule has 1 N–H and O–H groups in total. The number of hydrogen-bond acceptors (Lipinski definition) is 3. The van der Waals surface area contributed by atoms with Crippen LogP contribution in [-0.4, -0.2) is 25.1 Å². The zero-order chi connectivity index (χ0) is 17.8. The maximum Gasteiger partial charge on any atom is 0.265 e. The van der Waals surface area contributed by atoms with E-state index in [0.717, 1.165) is 24.3 Å². The van der Waals surface area contributed by atoms with Crippen LogP contribution >= 0.6 is 11.6 Å². The summed E-state index contributed by atoms with van der Waals surface area (Å²) < 4.78 is 5.71. The molecule has 0 bridgehead atoms. The van der Waals surface area contributed by atoms with Crippen LogP contribution in [0.25, 0.3) is 0 Å². The van der Waals surface area contributed by atoms with Gasteiger partial charge in [-0.25, -0.2) is 0 Å². The number of carbonyl (C=O) groups is 1. The van der Waals surface area contributed by atoms with Crippen LogP contribution in [0, 0.1) is 6.92 Å². The average Bonchev–Trinajstić information content (AvgIpc) is 3.13. The number of nitrogens with zero attached hydrogens (tertiary/aromatic N) is 1. The summed E-state index contributed by atoms with van der Waals surface area (Å²) in [5.74, 6) is 0.454. The number of benzene rings is 2. The maximum atomic E-state index is 12.3. The first kappa shape index (κ1) is 17.6. The minimum atomic E-state index is -0.598. The topological polar surface area (TPSA) is 41.6 Å². The van der Waals surface area contributed by atoms with Gasteiger partial charge in [0.15, 0.2) is 6.10 Å². The van der Waals surface area contributed by atoms with Gasteiger partial charge in [-0.05, 0) is 74.7 Å². The number of halogens is 1. The van der Waals surface area contributed by atoms with Gasteiger partial charge in [0, 0.05) is 29.5 Å². The molecule has 1 heterocycles. The van der Waals surface area contributed by atoms with Gasteiger partial charge in [-0.2, -0.15) is 0 Å². The Morgan fingerprint density at radius 1 is 1.16 bits per heavy atom. The van der Waals surface area contributed by atoms with Crippen molar-refractivity contribution >= 4 is 28.9 Å². The minimum absolute atomic E-state index is 0.179. The Hall–Kier alpha value is -2.20. The lowest BCUT2D eigenvalue weighted by molar-refractivity contribution is -0.122. The molecule has 4 nitrogen and oxygen atoms in total. The average molecular weight is 359 g/mol. The second kappa shape index (κ2) is 7.79. The first-order valence-corrected chi connectivity index (χ1v) is 8.99. The van der Waals surface area contributed by atoms with E-state index in [1.807, 2.05) is 25.1 Å². The maximum absolute atomic E-state index is 12.3. The van der Waals surface area contributed by atoms with Crippen molar-refractivity contribution in [3.05, 3.63) is 53.1 Å². The van der Waals surface area contributed by atoms with Crippen LogP contribution in [0.3, 0.4) is 0 Å². The molecule has 1 amide bonds. The lowest BCUT2D eigenvalue weighted by atomic mass is 10.2. The molecule has 25 heavy (non-hydrogen) atoms. The molecule has 3 rings (SSSR count). The van der Waals surface area contributed by atoms with Gasteiger partial charge in [0.05, 0.1) is 0 Å². The largest absolute Gasteiger partial charge is 0.481 e. The van der Waals surface area contributed by atoms with Crippen molar-refractivity contribution in [2.75, 3.05) is 23.3 Å². The van der Waals surface area contributed by atoms with Crippen LogP contribution in [0.4, 0.5) is 11.4 Å². The second-order valence-electron chi connectivity index (χ2n) is 6.40. The van der Waals surface area contributed by atoms with E-state index in [-0.39, 0.29) is 5.91 Å². The third kappa shape index (κ3) is 4.45. The van der Waals surface area contributed by atoms with Crippen LogP contribution in [0.2, 0.25) is 5.02 Å². The van der Waals surface area contributed by atoms with Crippen molar-refractivity contribution in [1.29, 1.82) is 0 Å². The van der Waals surface area contributed by atoms with Crippen molar-refractivity contribution in [3.63, 3.8) is 0 Å². The number of nitrogens with one attached hydrogen (secondary N) is 1. The van der Waals surface area contributed by atoms with Gasteiger partial charge in [0.25, 0.3) is 5.91 Å². The van der Waals surface area contributed by atoms with E-state index in [9.17, 15) is 4.79 Å². The molecule has 132 valence electrons. The standard InChI is InChI=1S/C20H23ClN2O2/c1-14-13-18(9-10-19(14)21)25-15(2)20(24)22-16-5-7-17(8-6-16)23-11-3-4-12-23/h5-10,13,15H,3-4,11-12H2,1-2H3,(H,22,24). The highest BCUT2D eigenvalue weighted by Crippen LogP contribution is 2.23. The Labute approximate surface area is 153 Å². The van der Waals surface area contributed by atoms with Gasteiger partial charge in [0.1, 0.15) is 5.75 Å². The van der Waals surface area contributed by atoms with Gasteiger partial charge in [0.2, 0.25) is 0 Å². The van der Waals surface area contributed by atoms with Gasteiger partial charge in [-0.3, -0.25) is 4.79 Å². The third-order valence-corrected chi connectivity index (χ3v) is 4.84. The smallest absolute Gasteiger partial charge is 0.265 e. The molecule has 5 heteroatoms. The summed E-state index contributed by atoms with van der Waals surface area (Å²) in [5, 5.41) is 3.58. The van der Waals surface area contributed by atoms with E-state index in [1.54, 1.807) is 19.1 Å². The lowest BCUT2D eigenvalue weighted by Gasteiger charge is -2.18. The highest BCUT2D eigenvalue weighted by molar-refractivity contribution is 6.31. The Kier molecular flexibility index (Phi) is 5.49. The summed E-state index contributed by atoms with van der Waals surface area (Å²) >= 11 is 6.01. The molecular weight excluding hydrogens is 336 g/mol. The molecule has 2 aromatic rings. The predicted molar refractivity (Wildman–Crippen MR) is 103 cm³/mol. The van der Waals surface area contributed by atoms with Gasteiger partial charge in [-0.15, -0.1) is 0 Å². The quantitative estimate of drug-likeness (QED) is 0.845. The summed E-state index contributed by atoms with van der Waals surface area (Å²) in [6.07, 6.45) is 1.90. The van der Waals surface area contributed by atoms with Gasteiger partial charge >= 0.3 is 0 Å². The zero-order valence-electron chi connectivity index (χ0n) is 14.6. The number of carbonyl (C=O) groups excluding carboxylic acids is 1. The van der Waals surface area contributed by atoms with Crippen molar-refractivity contribution in [3.8, 4) is 5.75 Å². The van der Waals surface area contributed by atoms with E-state index in [0.29, 0.717) is 10.8 Å². The van der Waals surface area contributed by atoms with Crippen molar-refractivity contribution in [2.45, 2.75) is 32.8 Å². The van der Waals surface area contributed by atoms with Gasteiger partial charge in [-0.1, -0.05) is 11.6 Å². The molecule has 0 aromatic heterocycles. The Bertz CT molecular complexity index is 740. The molecular formula is C20H23ClN2O2. The molecule has 1 atom stereocenters. The highest BCUT2D eigenvalue weighted by atomic mass is 35.5. The normalized spacial score (nSPS) is 15.1. The van der Waals surface area contributed by atoms with E-state index in [2.05, 4.69) is 22.3 Å². The van der Waals surface area contributed by atoms with Crippen LogP contribution in [-0.2, 0) is 4.79 Å². The van der Waals surface area contributed by atoms with E-state index < -0.39 is 6.10 Å². The predicted octanol–water partition coefficient (Wildman–Crippen LogP) is 4.65. The molecule has 1 saturated heterocycles. The van der Waals surface area contributed by atoms with Crippen LogP contribution in [0.5, 0.6) is 5.75 Å². The molecule has 0 saturated carbocycles. The fourth-order valence-corrected chi connectivity index (χ4v) is 3.04. The third-order valence-electron chi connectivity index (χ3n) is 4.42. The molecule has 0 radical (unpaired) electrons. The van der Waals surface area contributed by atoms with Crippen molar-refractivity contribution < 1.29 is 9.53 Å². The van der Waals surface area contributed by atoms with Crippen LogP contribution < -0.4 is 15.0 Å². The SMILES string of the molecule is Cc1cc(OC(C)C(=O)Nc2ccc(N3CCCC3)cc2)ccc1Cl. The summed E-state index contributed by atoms with van der Waals surface area (Å²) in [7, 11) is 0. The molecule has 2 aromatic carbocycles. The number of amides is 1. The Morgan fingerprint density at radius 3 is 2.48 bits per heavy atom. The van der Waals surface area contributed by atoms with Crippen molar-refractivity contribution in [2.24, 2.45) is 0 Å². The summed E-state index contributed by atoms with van der Waals surface area (Å²) in [4.78, 5) is 14.7. The van der Waals surface area contributed by atoms with E-state index in [1.165, 1.54) is 18.5 Å². The summed E-state index contributed by atoms with van der Waals surface area (Å²) in [6, 6.07) is 13.3. The Balaban J connectivity index is 1.58. The summed E-state index contributed by atoms with van der Waals surface area (Å²) in [6.45, 7) is 5.86. The molecule has 0 aliphatic carbocycles. The zero-order valence-corrected chi connectivity index (χ0v) is 15.3. The molecule has 1 unspecified atom stereocenters. The first-order valence-electron chi connectivity index (χ1n) is 8.61. The van der Waals surface area contributed by atoms with Crippen LogP contribution in [0.15, 0.2) is 42.5 Å². The number of rotatable bonds is 5. The van der Waals surface area contributed by atoms with Crippen molar-refractivity contribution in [1.82, 2.24) is 0 Å². The molecule has 1 aliphatic rings. The number of anilines is 2. The lowest BCUT2D eigenvalue weighted by Crippen LogP contribution is -2.30. The first-order chi connectivity index (χ1) is 12.0. The monoisotopic (exact) mass is 358 g/mol. The molecule has 1 fully saturated rings. The number of ether oxygens (including phenoxy) is 1. The second-order valence-corrected chi connectivity index (χ2v) is 6.81. The van der Waals surface area contributed by atoms with Crippen LogP contribution in [0.1, 0.15) is 25.3 Å². The number of aryl methyl sites for hydroxylation is 1. The van der Waals surface area contributed by atoms with E-state index >= 15 is 0 Å². The molecule has 1 aliphatic heterocycles. The summed E-state index contributed by atoms with van der Waals surface area (Å²) in [5.41, 5.74) is 2.90. The van der Waals surface area contributed by atoms with E-state index in [4.69, 9.17) is 16.3 Å². The number of hydrogen-bond donors (Lipinski definition) is 1. The fraction of sp³-hybridized carbons (Fsp3) is 0.350. The Morgan fingerprint density at radius 2 is 1.84 bits per heavy atom. The minimum Gasteiger partial charge on any atom is -0.481 e. The highest BCUT2D eigenvalue weighted by Gasteiger charge is 2.16.